The van der Waals surface area contributed by atoms with Crippen molar-refractivity contribution in [1.82, 2.24) is 5.32 Å². The summed E-state index contributed by atoms with van der Waals surface area (Å²) in [6.45, 7) is 3.35. The summed E-state index contributed by atoms with van der Waals surface area (Å²) in [4.78, 5) is 34.2. The Bertz CT molecular complexity index is 587. The van der Waals surface area contributed by atoms with Crippen molar-refractivity contribution in [1.29, 1.82) is 0 Å². The van der Waals surface area contributed by atoms with Crippen molar-refractivity contribution in [2.45, 2.75) is 45.8 Å². The van der Waals surface area contributed by atoms with Crippen LogP contribution in [0.1, 0.15) is 41.0 Å². The first-order chi connectivity index (χ1) is 11.9. The van der Waals surface area contributed by atoms with Gasteiger partial charge in [-0.2, -0.15) is 0 Å². The van der Waals surface area contributed by atoms with Crippen LogP contribution in [-0.4, -0.2) is 30.9 Å². The molecule has 0 aliphatic heterocycles. The van der Waals surface area contributed by atoms with Crippen LogP contribution < -0.4 is 39.6 Å². The molecule has 1 aromatic carbocycles. The van der Waals surface area contributed by atoms with E-state index in [4.69, 9.17) is 25.8 Å². The topological polar surface area (TPSA) is 90.9 Å². The number of esters is 2. The molecule has 1 rings (SSSR count). The molecule has 0 fully saturated rings. The second-order valence-corrected chi connectivity index (χ2v) is 5.63. The Labute approximate surface area is 181 Å². The summed E-state index contributed by atoms with van der Waals surface area (Å²) >= 11 is 5.74. The van der Waals surface area contributed by atoms with Crippen molar-refractivity contribution in [2.75, 3.05) is 6.54 Å². The van der Waals surface area contributed by atoms with E-state index in [2.05, 4.69) is 5.32 Å². The first-order valence-corrected chi connectivity index (χ1v) is 8.36. The van der Waals surface area contributed by atoms with Crippen molar-refractivity contribution >= 4 is 29.6 Å². The molecule has 0 radical (unpaired) electrons. The molecule has 1 atom stereocenters. The molecule has 0 saturated carbocycles. The number of hydrogen-bond acceptors (Lipinski definition) is 6. The second kappa shape index (κ2) is 13.9. The summed E-state index contributed by atoms with van der Waals surface area (Å²) < 4.78 is 15.0. The number of alkyl carbamates (subject to hydrolysis) is 1. The maximum Gasteiger partial charge on any atom is 1.00 e. The molecule has 0 bridgehead atoms. The van der Waals surface area contributed by atoms with Crippen LogP contribution in [0.3, 0.4) is 0 Å². The zero-order chi connectivity index (χ0) is 18.7. The monoisotopic (exact) mass is 395 g/mol. The van der Waals surface area contributed by atoms with Gasteiger partial charge in [-0.3, -0.25) is 9.59 Å². The predicted molar refractivity (Wildman–Crippen MR) is 92.4 cm³/mol. The van der Waals surface area contributed by atoms with Gasteiger partial charge < -0.3 is 21.0 Å². The third-order valence-corrected chi connectivity index (χ3v) is 3.18. The maximum atomic E-state index is 11.7. The van der Waals surface area contributed by atoms with Crippen LogP contribution in [0, 0.1) is 0 Å². The molecule has 0 aromatic heterocycles. The first-order valence-electron chi connectivity index (χ1n) is 7.98. The molecule has 9 heteroatoms. The van der Waals surface area contributed by atoms with E-state index >= 15 is 0 Å². The SMILES string of the molecule is CCCC(OC(C)=O)OC(=O)NCCCC(=O)Oc1ccc(Cl)cc1.[H-].[Na+]. The van der Waals surface area contributed by atoms with E-state index in [-0.39, 0.29) is 43.9 Å². The summed E-state index contributed by atoms with van der Waals surface area (Å²) in [5.41, 5.74) is 0. The minimum absolute atomic E-state index is 0. The van der Waals surface area contributed by atoms with E-state index in [0.29, 0.717) is 30.0 Å². The largest absolute Gasteiger partial charge is 1.00 e. The maximum absolute atomic E-state index is 11.7. The zero-order valence-corrected chi connectivity index (χ0v) is 18.0. The molecule has 7 nitrogen and oxygen atoms in total. The number of carbonyl (C=O) groups excluding carboxylic acids is 3. The van der Waals surface area contributed by atoms with E-state index in [1.54, 1.807) is 24.3 Å². The number of nitrogens with one attached hydrogen (secondary N) is 1. The van der Waals surface area contributed by atoms with E-state index in [9.17, 15) is 14.4 Å². The van der Waals surface area contributed by atoms with Gasteiger partial charge in [0.25, 0.3) is 0 Å². The standard InChI is InChI=1S/C17H22ClNO6.Na.H/c1-3-5-16(23-12(2)20)25-17(22)19-11-4-6-15(21)24-14-9-7-13(18)8-10-14;;/h7-10,16H,3-6,11H2,1-2H3,(H,19,22);;/q;+1;-1. The summed E-state index contributed by atoms with van der Waals surface area (Å²) in [5.74, 6) is -0.525. The number of amides is 1. The Morgan fingerprint density at radius 2 is 1.85 bits per heavy atom. The molecular formula is C17H23ClNNaO6. The van der Waals surface area contributed by atoms with E-state index in [1.165, 1.54) is 6.92 Å². The smallest absolute Gasteiger partial charge is 1.00 e. The molecule has 1 aromatic rings. The number of rotatable bonds is 9. The molecular weight excluding hydrogens is 373 g/mol. The molecule has 0 aliphatic rings. The fourth-order valence-electron chi connectivity index (χ4n) is 1.83. The van der Waals surface area contributed by atoms with E-state index in [0.717, 1.165) is 0 Å². The van der Waals surface area contributed by atoms with Gasteiger partial charge in [0.05, 0.1) is 0 Å². The molecule has 0 aliphatic carbocycles. The van der Waals surface area contributed by atoms with Gasteiger partial charge in [0, 0.05) is 31.3 Å². The first kappa shape index (κ1) is 24.7. The Morgan fingerprint density at radius 1 is 1.19 bits per heavy atom. The fourth-order valence-corrected chi connectivity index (χ4v) is 1.96. The number of halogens is 1. The van der Waals surface area contributed by atoms with Crippen molar-refractivity contribution < 1.29 is 59.6 Å². The fraction of sp³-hybridized carbons (Fsp3) is 0.471. The van der Waals surface area contributed by atoms with Crippen LogP contribution >= 0.6 is 11.6 Å². The van der Waals surface area contributed by atoms with E-state index < -0.39 is 24.3 Å². The molecule has 1 amide bonds. The summed E-state index contributed by atoms with van der Waals surface area (Å²) in [6.07, 6.45) is 0.0177. The van der Waals surface area contributed by atoms with Crippen LogP contribution in [0.4, 0.5) is 4.79 Å². The van der Waals surface area contributed by atoms with Gasteiger partial charge in [0.2, 0.25) is 6.29 Å². The predicted octanol–water partition coefficient (Wildman–Crippen LogP) is 0.558. The minimum Gasteiger partial charge on any atom is -1.00 e. The Morgan fingerprint density at radius 3 is 2.42 bits per heavy atom. The van der Waals surface area contributed by atoms with Crippen molar-refractivity contribution in [2.24, 2.45) is 0 Å². The third-order valence-electron chi connectivity index (χ3n) is 2.93. The van der Waals surface area contributed by atoms with Crippen LogP contribution in [0.5, 0.6) is 5.75 Å². The summed E-state index contributed by atoms with van der Waals surface area (Å²) in [7, 11) is 0. The van der Waals surface area contributed by atoms with Gasteiger partial charge in [-0.15, -0.1) is 0 Å². The molecule has 0 spiro atoms. The Hall–Kier alpha value is -1.28. The normalized spacial score (nSPS) is 10.9. The van der Waals surface area contributed by atoms with Crippen molar-refractivity contribution in [3.05, 3.63) is 29.3 Å². The Balaban J connectivity index is 0. The van der Waals surface area contributed by atoms with Crippen LogP contribution in [-0.2, 0) is 19.1 Å². The molecule has 140 valence electrons. The number of benzene rings is 1. The average Bonchev–Trinajstić information content (AvgIpc) is 2.53. The van der Waals surface area contributed by atoms with Crippen LogP contribution in [0.15, 0.2) is 24.3 Å². The molecule has 0 saturated heterocycles. The van der Waals surface area contributed by atoms with E-state index in [1.807, 2.05) is 6.92 Å². The number of carbonyl (C=O) groups is 3. The second-order valence-electron chi connectivity index (χ2n) is 5.19. The van der Waals surface area contributed by atoms with Gasteiger partial charge in [0.15, 0.2) is 0 Å². The van der Waals surface area contributed by atoms with Crippen molar-refractivity contribution in [3.63, 3.8) is 0 Å². The van der Waals surface area contributed by atoms with Gasteiger partial charge in [-0.05, 0) is 37.1 Å². The van der Waals surface area contributed by atoms with Crippen LogP contribution in [0.25, 0.3) is 0 Å². The molecule has 0 heterocycles. The van der Waals surface area contributed by atoms with Gasteiger partial charge in [-0.25, -0.2) is 4.79 Å². The number of ether oxygens (including phenoxy) is 3. The summed E-state index contributed by atoms with van der Waals surface area (Å²) in [6, 6.07) is 6.44. The van der Waals surface area contributed by atoms with Crippen LogP contribution in [0.2, 0.25) is 5.02 Å². The zero-order valence-electron chi connectivity index (χ0n) is 16.2. The van der Waals surface area contributed by atoms with Crippen molar-refractivity contribution in [3.8, 4) is 5.75 Å². The average molecular weight is 396 g/mol. The quantitative estimate of drug-likeness (QED) is 0.216. The van der Waals surface area contributed by atoms with Gasteiger partial charge >= 0.3 is 47.6 Å². The Kier molecular flexibility index (Phi) is 13.2. The number of hydrogen-bond donors (Lipinski definition) is 1. The summed E-state index contributed by atoms with van der Waals surface area (Å²) in [5, 5.41) is 3.05. The van der Waals surface area contributed by atoms with Gasteiger partial charge in [0.1, 0.15) is 5.75 Å². The minimum atomic E-state index is -0.905. The molecule has 26 heavy (non-hydrogen) atoms. The third kappa shape index (κ3) is 11.4. The molecule has 1 N–H and O–H groups in total. The van der Waals surface area contributed by atoms with Gasteiger partial charge in [-0.1, -0.05) is 18.5 Å². The molecule has 1 unspecified atom stereocenters.